The summed E-state index contributed by atoms with van der Waals surface area (Å²) in [5, 5.41) is 0. The van der Waals surface area contributed by atoms with Crippen molar-refractivity contribution in [2.45, 2.75) is 37.0 Å². The number of nitrogens with zero attached hydrogens (tertiary/aromatic N) is 2. The zero-order valence-corrected chi connectivity index (χ0v) is 13.0. The highest BCUT2D eigenvalue weighted by molar-refractivity contribution is 5.88. The van der Waals surface area contributed by atoms with Gasteiger partial charge in [-0.05, 0) is 37.7 Å². The molecule has 1 atom stereocenters. The van der Waals surface area contributed by atoms with E-state index in [-0.39, 0.29) is 11.5 Å². The molecule has 1 spiro atoms. The fraction of sp³-hybridized carbons (Fsp3) is 0.647. The molecular formula is C17H21FN2O3. The van der Waals surface area contributed by atoms with Gasteiger partial charge in [-0.15, -0.1) is 0 Å². The highest BCUT2D eigenvalue weighted by atomic mass is 19.1. The summed E-state index contributed by atoms with van der Waals surface area (Å²) in [6, 6.07) is 5.58. The molecule has 0 radical (unpaired) electrons. The van der Waals surface area contributed by atoms with E-state index >= 15 is 0 Å². The average Bonchev–Trinajstić information content (AvgIpc) is 3.14. The molecule has 6 heteroatoms. The van der Waals surface area contributed by atoms with Crippen molar-refractivity contribution in [2.24, 2.45) is 5.92 Å². The molecule has 0 bridgehead atoms. The van der Waals surface area contributed by atoms with Gasteiger partial charge in [0.25, 0.3) is 5.91 Å². The maximum Gasteiger partial charge on any atom is 0.260 e. The lowest BCUT2D eigenvalue weighted by atomic mass is 9.79. The van der Waals surface area contributed by atoms with Gasteiger partial charge in [0.2, 0.25) is 5.88 Å². The normalized spacial score (nSPS) is 26.8. The number of alkyl halides is 1. The SMILES string of the molecule is O=C(N1CC2(C1)OCCC2CCOc1ccccn1)C1(F)CC1. The first-order valence-electron chi connectivity index (χ1n) is 8.27. The van der Waals surface area contributed by atoms with E-state index in [0.717, 1.165) is 12.8 Å². The molecule has 5 nitrogen and oxygen atoms in total. The van der Waals surface area contributed by atoms with Crippen LogP contribution in [0.15, 0.2) is 24.4 Å². The number of hydrogen-bond donors (Lipinski definition) is 0. The Hall–Kier alpha value is -1.69. The first kappa shape index (κ1) is 14.9. The summed E-state index contributed by atoms with van der Waals surface area (Å²) in [6.45, 7) is 2.32. The van der Waals surface area contributed by atoms with Crippen LogP contribution in [-0.4, -0.2) is 53.4 Å². The Kier molecular flexibility index (Phi) is 3.52. The molecule has 3 heterocycles. The van der Waals surface area contributed by atoms with Crippen molar-refractivity contribution in [3.05, 3.63) is 24.4 Å². The second kappa shape index (κ2) is 5.44. The fourth-order valence-electron chi connectivity index (χ4n) is 3.63. The van der Waals surface area contributed by atoms with Gasteiger partial charge in [0.05, 0.1) is 19.7 Å². The Morgan fingerprint density at radius 1 is 1.43 bits per heavy atom. The number of halogens is 1. The lowest BCUT2D eigenvalue weighted by molar-refractivity contribution is -0.171. The summed E-state index contributed by atoms with van der Waals surface area (Å²) in [4.78, 5) is 17.8. The third kappa shape index (κ3) is 2.69. The monoisotopic (exact) mass is 320 g/mol. The lowest BCUT2D eigenvalue weighted by Gasteiger charge is -2.50. The minimum absolute atomic E-state index is 0.283. The number of carbonyl (C=O) groups is 1. The van der Waals surface area contributed by atoms with Gasteiger partial charge in [0.15, 0.2) is 5.67 Å². The van der Waals surface area contributed by atoms with E-state index in [1.807, 2.05) is 18.2 Å². The number of ether oxygens (including phenoxy) is 2. The van der Waals surface area contributed by atoms with Crippen molar-refractivity contribution in [1.82, 2.24) is 9.88 Å². The molecule has 2 saturated heterocycles. The summed E-state index contributed by atoms with van der Waals surface area (Å²) in [5.41, 5.74) is -1.85. The van der Waals surface area contributed by atoms with Crippen LogP contribution in [0.25, 0.3) is 0 Å². The standard InChI is InChI=1S/C17H21FN2O3/c18-16(6-7-16)15(21)20-11-17(12-20)13(5-10-23-17)4-9-22-14-3-1-2-8-19-14/h1-3,8,13H,4-7,9-12H2. The van der Waals surface area contributed by atoms with Crippen LogP contribution in [0.5, 0.6) is 5.88 Å². The highest BCUT2D eigenvalue weighted by Gasteiger charge is 2.60. The number of carbonyl (C=O) groups excluding carboxylic acids is 1. The summed E-state index contributed by atoms with van der Waals surface area (Å²) >= 11 is 0. The predicted molar refractivity (Wildman–Crippen MR) is 80.8 cm³/mol. The number of pyridine rings is 1. The highest BCUT2D eigenvalue weighted by Crippen LogP contribution is 2.47. The lowest BCUT2D eigenvalue weighted by Crippen LogP contribution is -2.67. The first-order chi connectivity index (χ1) is 11.1. The van der Waals surface area contributed by atoms with Gasteiger partial charge in [-0.1, -0.05) is 6.07 Å². The third-order valence-corrected chi connectivity index (χ3v) is 5.23. The molecule has 1 aliphatic carbocycles. The molecule has 0 N–H and O–H groups in total. The molecule has 3 fully saturated rings. The van der Waals surface area contributed by atoms with E-state index in [0.29, 0.717) is 50.9 Å². The van der Waals surface area contributed by atoms with E-state index in [1.165, 1.54) is 0 Å². The Balaban J connectivity index is 1.29. The van der Waals surface area contributed by atoms with Gasteiger partial charge in [0.1, 0.15) is 5.60 Å². The van der Waals surface area contributed by atoms with Crippen LogP contribution >= 0.6 is 0 Å². The summed E-state index contributed by atoms with van der Waals surface area (Å²) in [6.07, 6.45) is 4.28. The molecule has 1 unspecified atom stereocenters. The molecule has 1 saturated carbocycles. The third-order valence-electron chi connectivity index (χ3n) is 5.23. The Morgan fingerprint density at radius 3 is 2.96 bits per heavy atom. The van der Waals surface area contributed by atoms with Gasteiger partial charge in [-0.2, -0.15) is 0 Å². The number of likely N-dealkylation sites (tertiary alicyclic amines) is 1. The Bertz CT molecular complexity index is 585. The largest absolute Gasteiger partial charge is 0.478 e. The molecule has 3 aliphatic rings. The molecule has 1 aromatic rings. The molecule has 23 heavy (non-hydrogen) atoms. The zero-order chi connectivity index (χ0) is 15.9. The van der Waals surface area contributed by atoms with E-state index in [9.17, 15) is 9.18 Å². The zero-order valence-electron chi connectivity index (χ0n) is 13.0. The smallest absolute Gasteiger partial charge is 0.260 e. The molecule has 0 aromatic carbocycles. The minimum atomic E-state index is -1.57. The molecule has 1 aromatic heterocycles. The Morgan fingerprint density at radius 2 is 2.26 bits per heavy atom. The first-order valence-corrected chi connectivity index (χ1v) is 8.27. The summed E-state index contributed by atoms with van der Waals surface area (Å²) < 4.78 is 25.4. The minimum Gasteiger partial charge on any atom is -0.478 e. The number of rotatable bonds is 5. The van der Waals surface area contributed by atoms with Crippen molar-refractivity contribution in [3.8, 4) is 5.88 Å². The summed E-state index contributed by atoms with van der Waals surface area (Å²) in [7, 11) is 0. The van der Waals surface area contributed by atoms with Crippen LogP contribution in [0.4, 0.5) is 4.39 Å². The second-order valence-electron chi connectivity index (χ2n) is 6.83. The summed E-state index contributed by atoms with van der Waals surface area (Å²) in [5.74, 6) is 0.631. The van der Waals surface area contributed by atoms with Crippen molar-refractivity contribution in [2.75, 3.05) is 26.3 Å². The number of aromatic nitrogens is 1. The van der Waals surface area contributed by atoms with Crippen molar-refractivity contribution in [1.29, 1.82) is 0 Å². The van der Waals surface area contributed by atoms with E-state index in [2.05, 4.69) is 4.98 Å². The van der Waals surface area contributed by atoms with Gasteiger partial charge in [0, 0.05) is 18.9 Å². The van der Waals surface area contributed by atoms with Crippen LogP contribution < -0.4 is 4.74 Å². The molecular weight excluding hydrogens is 299 g/mol. The Labute approximate surface area is 134 Å². The van der Waals surface area contributed by atoms with Crippen LogP contribution in [0, 0.1) is 5.92 Å². The quantitative estimate of drug-likeness (QED) is 0.832. The predicted octanol–water partition coefficient (Wildman–Crippen LogP) is 1.97. The van der Waals surface area contributed by atoms with E-state index < -0.39 is 5.67 Å². The molecule has 4 rings (SSSR count). The van der Waals surface area contributed by atoms with Crippen LogP contribution in [0.3, 0.4) is 0 Å². The molecule has 1 amide bonds. The molecule has 124 valence electrons. The topological polar surface area (TPSA) is 51.7 Å². The fourth-order valence-corrected chi connectivity index (χ4v) is 3.63. The molecule has 2 aliphatic heterocycles. The van der Waals surface area contributed by atoms with Gasteiger partial charge >= 0.3 is 0 Å². The van der Waals surface area contributed by atoms with Gasteiger partial charge < -0.3 is 14.4 Å². The maximum absolute atomic E-state index is 13.9. The number of hydrogen-bond acceptors (Lipinski definition) is 4. The van der Waals surface area contributed by atoms with Crippen LogP contribution in [0.1, 0.15) is 25.7 Å². The second-order valence-corrected chi connectivity index (χ2v) is 6.83. The van der Waals surface area contributed by atoms with Gasteiger partial charge in [-0.3, -0.25) is 4.79 Å². The van der Waals surface area contributed by atoms with Crippen molar-refractivity contribution >= 4 is 5.91 Å². The average molecular weight is 320 g/mol. The maximum atomic E-state index is 13.9. The van der Waals surface area contributed by atoms with Crippen LogP contribution in [0.2, 0.25) is 0 Å². The number of amides is 1. The van der Waals surface area contributed by atoms with E-state index in [4.69, 9.17) is 9.47 Å². The van der Waals surface area contributed by atoms with Gasteiger partial charge in [-0.25, -0.2) is 9.37 Å². The van der Waals surface area contributed by atoms with Crippen molar-refractivity contribution in [3.63, 3.8) is 0 Å². The van der Waals surface area contributed by atoms with E-state index in [1.54, 1.807) is 11.1 Å². The van der Waals surface area contributed by atoms with Crippen LogP contribution in [-0.2, 0) is 9.53 Å². The van der Waals surface area contributed by atoms with Crippen molar-refractivity contribution < 1.29 is 18.7 Å².